The van der Waals surface area contributed by atoms with Crippen molar-refractivity contribution in [2.24, 2.45) is 5.73 Å². The lowest BCUT2D eigenvalue weighted by molar-refractivity contribution is 0.578. The van der Waals surface area contributed by atoms with Crippen molar-refractivity contribution in [3.8, 4) is 5.75 Å². The highest BCUT2D eigenvalue weighted by Crippen LogP contribution is 2.25. The topological polar surface area (TPSA) is 35.2 Å². The molecule has 1 aromatic carbocycles. The molecule has 0 radical (unpaired) electrons. The van der Waals surface area contributed by atoms with E-state index < -0.39 is 9.04 Å². The van der Waals surface area contributed by atoms with E-state index >= 15 is 0 Å². The van der Waals surface area contributed by atoms with E-state index in [4.69, 9.17) is 10.2 Å². The van der Waals surface area contributed by atoms with Gasteiger partial charge in [-0.2, -0.15) is 0 Å². The van der Waals surface area contributed by atoms with Crippen LogP contribution >= 0.6 is 11.3 Å². The molecule has 0 aliphatic heterocycles. The Labute approximate surface area is 113 Å². The summed E-state index contributed by atoms with van der Waals surface area (Å²) in [5.41, 5.74) is 7.90. The Bertz CT molecular complexity index is 534. The van der Waals surface area contributed by atoms with Gasteiger partial charge in [-0.25, -0.2) is 0 Å². The molecule has 18 heavy (non-hydrogen) atoms. The first-order chi connectivity index (χ1) is 8.66. The largest absolute Gasteiger partial charge is 0.547 e. The summed E-state index contributed by atoms with van der Waals surface area (Å²) in [6.45, 7) is 4.30. The third kappa shape index (κ3) is 3.24. The van der Waals surface area contributed by atoms with Gasteiger partial charge in [0.1, 0.15) is 5.75 Å². The highest BCUT2D eigenvalue weighted by Gasteiger charge is 2.07. The molecule has 0 saturated carbocycles. The molecule has 2 nitrogen and oxygen atoms in total. The third-order valence-electron chi connectivity index (χ3n) is 2.40. The van der Waals surface area contributed by atoms with Crippen molar-refractivity contribution < 1.29 is 4.43 Å². The number of nitrogens with two attached hydrogens (primary N) is 1. The zero-order chi connectivity index (χ0) is 13.0. The number of rotatable bonds is 4. The van der Waals surface area contributed by atoms with Crippen LogP contribution < -0.4 is 10.2 Å². The third-order valence-corrected chi connectivity index (χ3v) is 3.95. The lowest BCUT2D eigenvalue weighted by atomic mass is 10.1. The molecule has 0 amide bonds. The first-order valence-electron chi connectivity index (χ1n) is 5.93. The minimum atomic E-state index is -1.12. The molecule has 0 aliphatic rings. The van der Waals surface area contributed by atoms with Crippen LogP contribution in [0, 0.1) is 0 Å². The van der Waals surface area contributed by atoms with Crippen LogP contribution in [0.4, 0.5) is 0 Å². The molecule has 0 bridgehead atoms. The van der Waals surface area contributed by atoms with Crippen molar-refractivity contribution in [2.45, 2.75) is 13.1 Å². The molecule has 0 fully saturated rings. The number of hydrogen-bond acceptors (Lipinski definition) is 3. The van der Waals surface area contributed by atoms with E-state index in [9.17, 15) is 0 Å². The fourth-order valence-corrected chi connectivity index (χ4v) is 3.05. The number of thiophene rings is 1. The Morgan fingerprint density at radius 1 is 1.22 bits per heavy atom. The van der Waals surface area contributed by atoms with Gasteiger partial charge in [0.05, 0.1) is 0 Å². The van der Waals surface area contributed by atoms with Gasteiger partial charge < -0.3 is 10.2 Å². The van der Waals surface area contributed by atoms with Gasteiger partial charge in [0.2, 0.25) is 9.04 Å². The Hall–Kier alpha value is -1.52. The molecule has 2 aromatic rings. The first-order valence-corrected chi connectivity index (χ1v) is 9.59. The van der Waals surface area contributed by atoms with Gasteiger partial charge >= 0.3 is 0 Å². The normalized spacial score (nSPS) is 11.8. The van der Waals surface area contributed by atoms with Gasteiger partial charge in [0, 0.05) is 16.1 Å². The summed E-state index contributed by atoms with van der Waals surface area (Å²) < 4.78 is 5.91. The monoisotopic (exact) mass is 275 g/mol. The van der Waals surface area contributed by atoms with E-state index in [1.165, 1.54) is 0 Å². The summed E-state index contributed by atoms with van der Waals surface area (Å²) >= 11 is 1.68. The maximum Gasteiger partial charge on any atom is 0.229 e. The molecule has 2 rings (SSSR count). The summed E-state index contributed by atoms with van der Waals surface area (Å²) in [5.74, 6) is 0.893. The molecule has 1 heterocycles. The van der Waals surface area contributed by atoms with Gasteiger partial charge in [0.15, 0.2) is 0 Å². The van der Waals surface area contributed by atoms with Crippen LogP contribution in [-0.4, -0.2) is 9.04 Å². The van der Waals surface area contributed by atoms with Crippen molar-refractivity contribution in [1.29, 1.82) is 0 Å². The second-order valence-corrected chi connectivity index (χ2v) is 7.59. The second kappa shape index (κ2) is 5.89. The molecule has 0 unspecified atom stereocenters. The first kappa shape index (κ1) is 12.9. The SMILES string of the molecule is C[SiH](C)Oc1ccccc1/C(N)=C/c1cccs1. The predicted octanol–water partition coefficient (Wildman–Crippen LogP) is 3.57. The predicted molar refractivity (Wildman–Crippen MR) is 82.3 cm³/mol. The van der Waals surface area contributed by atoms with Crippen molar-refractivity contribution >= 4 is 32.2 Å². The second-order valence-electron chi connectivity index (χ2n) is 4.28. The minimum Gasteiger partial charge on any atom is -0.547 e. The van der Waals surface area contributed by atoms with Gasteiger partial charge in [-0.3, -0.25) is 0 Å². The molecular formula is C14H17NOSSi. The molecule has 2 N–H and O–H groups in total. The van der Waals surface area contributed by atoms with Crippen LogP contribution in [0.5, 0.6) is 5.75 Å². The Morgan fingerprint density at radius 3 is 2.67 bits per heavy atom. The number of benzene rings is 1. The zero-order valence-electron chi connectivity index (χ0n) is 10.6. The quantitative estimate of drug-likeness (QED) is 0.866. The van der Waals surface area contributed by atoms with E-state index in [1.807, 2.05) is 41.8 Å². The van der Waals surface area contributed by atoms with Crippen molar-refractivity contribution in [1.82, 2.24) is 0 Å². The average molecular weight is 275 g/mol. The summed E-state index contributed by atoms with van der Waals surface area (Å²) in [4.78, 5) is 1.16. The molecule has 0 aliphatic carbocycles. The maximum absolute atomic E-state index is 6.17. The van der Waals surface area contributed by atoms with Crippen LogP contribution in [0.1, 0.15) is 10.4 Å². The van der Waals surface area contributed by atoms with Crippen LogP contribution in [0.15, 0.2) is 41.8 Å². The smallest absolute Gasteiger partial charge is 0.229 e. The summed E-state index contributed by atoms with van der Waals surface area (Å²) in [6, 6.07) is 12.0. The molecular weight excluding hydrogens is 258 g/mol. The molecule has 0 saturated heterocycles. The number of hydrogen-bond donors (Lipinski definition) is 1. The zero-order valence-corrected chi connectivity index (χ0v) is 12.6. The molecule has 0 atom stereocenters. The van der Waals surface area contributed by atoms with Crippen molar-refractivity contribution in [3.05, 3.63) is 52.2 Å². The van der Waals surface area contributed by atoms with Gasteiger partial charge in [0.25, 0.3) is 0 Å². The highest BCUT2D eigenvalue weighted by atomic mass is 32.1. The van der Waals surface area contributed by atoms with Gasteiger partial charge in [-0.1, -0.05) is 18.2 Å². The fraction of sp³-hybridized carbons (Fsp3) is 0.143. The molecule has 1 aromatic heterocycles. The minimum absolute atomic E-state index is 0.753. The Morgan fingerprint density at radius 2 is 2.00 bits per heavy atom. The van der Waals surface area contributed by atoms with E-state index in [2.05, 4.69) is 19.2 Å². The van der Waals surface area contributed by atoms with Crippen LogP contribution in [0.3, 0.4) is 0 Å². The summed E-state index contributed by atoms with van der Waals surface area (Å²) in [5, 5.41) is 2.04. The molecule has 4 heteroatoms. The summed E-state index contributed by atoms with van der Waals surface area (Å²) in [7, 11) is -1.12. The molecule has 0 spiro atoms. The summed E-state index contributed by atoms with van der Waals surface area (Å²) in [6.07, 6.45) is 1.99. The fourth-order valence-electron chi connectivity index (χ4n) is 1.67. The van der Waals surface area contributed by atoms with Gasteiger partial charge in [-0.15, -0.1) is 11.3 Å². The Balaban J connectivity index is 2.32. The van der Waals surface area contributed by atoms with E-state index in [0.717, 1.165) is 21.9 Å². The van der Waals surface area contributed by atoms with Crippen LogP contribution in [-0.2, 0) is 0 Å². The lowest BCUT2D eigenvalue weighted by Crippen LogP contribution is -2.13. The van der Waals surface area contributed by atoms with E-state index in [0.29, 0.717) is 0 Å². The van der Waals surface area contributed by atoms with E-state index in [-0.39, 0.29) is 0 Å². The van der Waals surface area contributed by atoms with Crippen molar-refractivity contribution in [2.75, 3.05) is 0 Å². The average Bonchev–Trinajstić information content (AvgIpc) is 2.81. The lowest BCUT2D eigenvalue weighted by Gasteiger charge is -2.14. The molecule has 94 valence electrons. The van der Waals surface area contributed by atoms with Crippen molar-refractivity contribution in [3.63, 3.8) is 0 Å². The highest BCUT2D eigenvalue weighted by molar-refractivity contribution is 7.10. The number of para-hydroxylation sites is 1. The van der Waals surface area contributed by atoms with Crippen LogP contribution in [0.25, 0.3) is 11.8 Å². The standard InChI is InChI=1S/C14H17NOSSi/c1-18(2)16-14-8-4-3-7-12(14)13(15)10-11-6-5-9-17-11/h3-10,18H,15H2,1-2H3/b13-10-. The maximum atomic E-state index is 6.17. The van der Waals surface area contributed by atoms with Gasteiger partial charge in [-0.05, 0) is 42.7 Å². The van der Waals surface area contributed by atoms with Crippen LogP contribution in [0.2, 0.25) is 13.1 Å². The van der Waals surface area contributed by atoms with E-state index in [1.54, 1.807) is 11.3 Å². The Kier molecular flexibility index (Phi) is 4.22.